The van der Waals surface area contributed by atoms with Crippen LogP contribution >= 0.6 is 0 Å². The van der Waals surface area contributed by atoms with E-state index >= 15 is 0 Å². The summed E-state index contributed by atoms with van der Waals surface area (Å²) in [4.78, 5) is 11.1. The average Bonchev–Trinajstić information content (AvgIpc) is 2.38. The molecule has 0 spiro atoms. The van der Waals surface area contributed by atoms with Crippen LogP contribution < -0.4 is 0 Å². The maximum Gasteiger partial charge on any atom is 0.150 e. The van der Waals surface area contributed by atoms with Crippen LogP contribution in [-0.4, -0.2) is 6.29 Å². The molecule has 0 amide bonds. The van der Waals surface area contributed by atoms with Crippen LogP contribution in [0.4, 0.5) is 0 Å². The van der Waals surface area contributed by atoms with Crippen molar-refractivity contribution >= 4 is 11.9 Å². The van der Waals surface area contributed by atoms with Crippen LogP contribution in [0.2, 0.25) is 0 Å². The number of aldehydes is 1. The van der Waals surface area contributed by atoms with Gasteiger partial charge in [0.1, 0.15) is 6.29 Å². The Morgan fingerprint density at radius 2 is 2.00 bits per heavy atom. The van der Waals surface area contributed by atoms with E-state index in [9.17, 15) is 4.79 Å². The molecule has 100 valence electrons. The van der Waals surface area contributed by atoms with Crippen LogP contribution in [0.5, 0.6) is 0 Å². The zero-order chi connectivity index (χ0) is 14.0. The number of hydrogen-bond acceptors (Lipinski definition) is 1. The van der Waals surface area contributed by atoms with E-state index in [0.717, 1.165) is 18.3 Å². The number of rotatable bonds is 3. The zero-order valence-corrected chi connectivity index (χ0v) is 12.2. The predicted octanol–water partition coefficient (Wildman–Crippen LogP) is 4.99. The van der Waals surface area contributed by atoms with Gasteiger partial charge in [-0.2, -0.15) is 0 Å². The largest absolute Gasteiger partial charge is 0.298 e. The Labute approximate surface area is 116 Å². The third-order valence-corrected chi connectivity index (χ3v) is 3.87. The number of carbonyl (C=O) groups is 1. The van der Waals surface area contributed by atoms with Crippen LogP contribution in [0.3, 0.4) is 0 Å². The average molecular weight is 254 g/mol. The molecule has 0 saturated carbocycles. The minimum absolute atomic E-state index is 0.439. The van der Waals surface area contributed by atoms with Gasteiger partial charge in [-0.1, -0.05) is 39.0 Å². The van der Waals surface area contributed by atoms with Gasteiger partial charge in [0.15, 0.2) is 0 Å². The van der Waals surface area contributed by atoms with Crippen LogP contribution in [-0.2, 0) is 0 Å². The van der Waals surface area contributed by atoms with Gasteiger partial charge >= 0.3 is 0 Å². The first-order valence-corrected chi connectivity index (χ1v) is 7.00. The molecule has 1 heteroatoms. The van der Waals surface area contributed by atoms with Crippen LogP contribution in [0.25, 0.3) is 5.57 Å². The van der Waals surface area contributed by atoms with E-state index in [-0.39, 0.29) is 0 Å². The summed E-state index contributed by atoms with van der Waals surface area (Å²) < 4.78 is 0. The van der Waals surface area contributed by atoms with E-state index < -0.39 is 0 Å². The SMILES string of the molecule is CC1=C(c2cc(C=O)cc(C(C)C)c2)C(C)CC=C1. The highest BCUT2D eigenvalue weighted by Crippen LogP contribution is 2.34. The monoisotopic (exact) mass is 254 g/mol. The van der Waals surface area contributed by atoms with Crippen molar-refractivity contribution in [3.8, 4) is 0 Å². The highest BCUT2D eigenvalue weighted by atomic mass is 16.1. The van der Waals surface area contributed by atoms with E-state index in [1.807, 2.05) is 12.1 Å². The van der Waals surface area contributed by atoms with Gasteiger partial charge in [-0.25, -0.2) is 0 Å². The Morgan fingerprint density at radius 3 is 2.58 bits per heavy atom. The molecular weight excluding hydrogens is 232 g/mol. The van der Waals surface area contributed by atoms with Crippen molar-refractivity contribution in [3.63, 3.8) is 0 Å². The molecule has 0 saturated heterocycles. The standard InChI is InChI=1S/C18H22O/c1-12(2)16-8-15(11-19)9-17(10-16)18-13(3)6-5-7-14(18)4/h5-6,8-12,14H,7H2,1-4H3. The van der Waals surface area contributed by atoms with Crippen molar-refractivity contribution in [2.75, 3.05) is 0 Å². The van der Waals surface area contributed by atoms with Crippen LogP contribution in [0, 0.1) is 5.92 Å². The third-order valence-electron chi connectivity index (χ3n) is 3.87. The summed E-state index contributed by atoms with van der Waals surface area (Å²) in [6.07, 6.45) is 6.46. The second kappa shape index (κ2) is 5.56. The number of carbonyl (C=O) groups excluding carboxylic acids is 1. The maximum absolute atomic E-state index is 11.1. The predicted molar refractivity (Wildman–Crippen MR) is 81.4 cm³/mol. The van der Waals surface area contributed by atoms with E-state index in [0.29, 0.717) is 11.8 Å². The molecule has 1 atom stereocenters. The molecule has 0 aromatic heterocycles. The molecule has 1 aromatic carbocycles. The molecule has 1 nitrogen and oxygen atoms in total. The van der Waals surface area contributed by atoms with Crippen molar-refractivity contribution in [2.45, 2.75) is 40.0 Å². The molecule has 19 heavy (non-hydrogen) atoms. The first-order chi connectivity index (χ1) is 9.02. The summed E-state index contributed by atoms with van der Waals surface area (Å²) in [5.41, 5.74) is 5.93. The summed E-state index contributed by atoms with van der Waals surface area (Å²) in [6, 6.07) is 6.26. The fraction of sp³-hybridized carbons (Fsp3) is 0.389. The number of benzene rings is 1. The maximum atomic E-state index is 11.1. The Morgan fingerprint density at radius 1 is 1.26 bits per heavy atom. The van der Waals surface area contributed by atoms with Crippen LogP contribution in [0.1, 0.15) is 61.5 Å². The number of hydrogen-bond donors (Lipinski definition) is 0. The Kier molecular flexibility index (Phi) is 4.04. The van der Waals surface area contributed by atoms with Gasteiger partial charge in [0.25, 0.3) is 0 Å². The highest BCUT2D eigenvalue weighted by Gasteiger charge is 2.17. The Hall–Kier alpha value is -1.63. The van der Waals surface area contributed by atoms with E-state index in [1.54, 1.807) is 0 Å². The van der Waals surface area contributed by atoms with Gasteiger partial charge < -0.3 is 0 Å². The number of allylic oxidation sites excluding steroid dienone is 4. The van der Waals surface area contributed by atoms with E-state index in [4.69, 9.17) is 0 Å². The lowest BCUT2D eigenvalue weighted by atomic mass is 9.82. The van der Waals surface area contributed by atoms with Gasteiger partial charge in [-0.05, 0) is 59.6 Å². The lowest BCUT2D eigenvalue weighted by Gasteiger charge is -2.22. The van der Waals surface area contributed by atoms with Gasteiger partial charge in [0.05, 0.1) is 0 Å². The second-order valence-corrected chi connectivity index (χ2v) is 5.80. The minimum Gasteiger partial charge on any atom is -0.298 e. The van der Waals surface area contributed by atoms with Crippen molar-refractivity contribution in [3.05, 3.63) is 52.6 Å². The molecular formula is C18H22O. The lowest BCUT2D eigenvalue weighted by Crippen LogP contribution is -2.05. The van der Waals surface area contributed by atoms with Gasteiger partial charge in [-0.15, -0.1) is 0 Å². The van der Waals surface area contributed by atoms with Crippen molar-refractivity contribution in [1.82, 2.24) is 0 Å². The topological polar surface area (TPSA) is 17.1 Å². The third kappa shape index (κ3) is 2.86. The molecule has 0 radical (unpaired) electrons. The summed E-state index contributed by atoms with van der Waals surface area (Å²) >= 11 is 0. The zero-order valence-electron chi connectivity index (χ0n) is 12.2. The van der Waals surface area contributed by atoms with Crippen molar-refractivity contribution in [1.29, 1.82) is 0 Å². The molecule has 1 unspecified atom stereocenters. The summed E-state index contributed by atoms with van der Waals surface area (Å²) in [5, 5.41) is 0. The first kappa shape index (κ1) is 13.8. The smallest absolute Gasteiger partial charge is 0.150 e. The lowest BCUT2D eigenvalue weighted by molar-refractivity contribution is 0.112. The van der Waals surface area contributed by atoms with Crippen molar-refractivity contribution < 1.29 is 4.79 Å². The minimum atomic E-state index is 0.439. The molecule has 0 aliphatic heterocycles. The van der Waals surface area contributed by atoms with E-state index in [2.05, 4.69) is 45.9 Å². The molecule has 2 rings (SSSR count). The van der Waals surface area contributed by atoms with Gasteiger partial charge in [0, 0.05) is 5.56 Å². The molecule has 0 N–H and O–H groups in total. The first-order valence-electron chi connectivity index (χ1n) is 7.00. The highest BCUT2D eigenvalue weighted by molar-refractivity contribution is 5.81. The summed E-state index contributed by atoms with van der Waals surface area (Å²) in [5.74, 6) is 0.959. The fourth-order valence-corrected chi connectivity index (χ4v) is 2.79. The Balaban J connectivity index is 2.58. The molecule has 0 bridgehead atoms. The summed E-state index contributed by atoms with van der Waals surface area (Å²) in [6.45, 7) is 8.74. The molecule has 1 aliphatic rings. The van der Waals surface area contributed by atoms with Gasteiger partial charge in [-0.3, -0.25) is 4.79 Å². The molecule has 1 aliphatic carbocycles. The van der Waals surface area contributed by atoms with Gasteiger partial charge in [0.2, 0.25) is 0 Å². The molecule has 1 aromatic rings. The van der Waals surface area contributed by atoms with Crippen molar-refractivity contribution in [2.24, 2.45) is 5.92 Å². The quantitative estimate of drug-likeness (QED) is 0.694. The summed E-state index contributed by atoms with van der Waals surface area (Å²) in [7, 11) is 0. The van der Waals surface area contributed by atoms with E-state index in [1.165, 1.54) is 22.3 Å². The Bertz CT molecular complexity index is 547. The molecule has 0 fully saturated rings. The van der Waals surface area contributed by atoms with Crippen LogP contribution in [0.15, 0.2) is 35.9 Å². The molecule has 0 heterocycles. The fourth-order valence-electron chi connectivity index (χ4n) is 2.79. The second-order valence-electron chi connectivity index (χ2n) is 5.80. The normalized spacial score (nSPS) is 19.1.